The predicted molar refractivity (Wildman–Crippen MR) is 120 cm³/mol. The molecule has 3 aromatic rings. The number of carbonyl (C=O) groups excluding carboxylic acids is 1. The lowest BCUT2D eigenvalue weighted by Crippen LogP contribution is -2.17. The maximum Gasteiger partial charge on any atom is 0.310 e. The maximum atomic E-state index is 11.7. The number of hydrogen-bond acceptors (Lipinski definition) is 6. The van der Waals surface area contributed by atoms with Gasteiger partial charge in [0.1, 0.15) is 17.2 Å². The minimum atomic E-state index is -0.329. The Balaban J connectivity index is 1.52. The maximum absolute atomic E-state index is 11.7. The number of esters is 1. The zero-order valence-electron chi connectivity index (χ0n) is 18.1. The minimum Gasteiger partial charge on any atom is -0.493 e. The van der Waals surface area contributed by atoms with Crippen molar-refractivity contribution in [2.24, 2.45) is 4.99 Å². The highest BCUT2D eigenvalue weighted by Crippen LogP contribution is 2.30. The number of carbonyl (C=O) groups is 1. The zero-order valence-corrected chi connectivity index (χ0v) is 18.1. The number of rotatable bonds is 11. The lowest BCUT2D eigenvalue weighted by Gasteiger charge is -2.13. The van der Waals surface area contributed by atoms with Crippen LogP contribution < -0.4 is 15.0 Å². The van der Waals surface area contributed by atoms with Gasteiger partial charge in [0.15, 0.2) is 5.49 Å². The van der Waals surface area contributed by atoms with Gasteiger partial charge in [-0.3, -0.25) is 9.79 Å². The van der Waals surface area contributed by atoms with Crippen molar-refractivity contribution in [3.05, 3.63) is 84.0 Å². The Morgan fingerprint density at radius 1 is 0.969 bits per heavy atom. The van der Waals surface area contributed by atoms with E-state index in [1.54, 1.807) is 24.4 Å². The Morgan fingerprint density at radius 3 is 2.56 bits per heavy atom. The van der Waals surface area contributed by atoms with Crippen molar-refractivity contribution in [1.29, 1.82) is 0 Å². The molecular weight excluding hydrogens is 408 g/mol. The van der Waals surface area contributed by atoms with Crippen LogP contribution in [0.2, 0.25) is 0 Å². The number of methoxy groups -OCH3 is 1. The van der Waals surface area contributed by atoms with E-state index < -0.39 is 0 Å². The summed E-state index contributed by atoms with van der Waals surface area (Å²) >= 11 is 0. The Morgan fingerprint density at radius 2 is 1.78 bits per heavy atom. The van der Waals surface area contributed by atoms with Gasteiger partial charge in [0.25, 0.3) is 0 Å². The number of aromatic nitrogens is 1. The van der Waals surface area contributed by atoms with Crippen LogP contribution in [0.25, 0.3) is 0 Å². The molecule has 0 fully saturated rings. The largest absolute Gasteiger partial charge is 0.493 e. The fourth-order valence-electron chi connectivity index (χ4n) is 3.03. The van der Waals surface area contributed by atoms with Gasteiger partial charge in [-0.2, -0.15) is 4.73 Å². The Labute approximate surface area is 187 Å². The average Bonchev–Trinajstić information content (AvgIpc) is 2.81. The standard InChI is InChI=1S/C25H28N2O5/c1-30-25(28)18-20-13-14-22(19-23(20)32-21-10-4-2-5-11-21)31-17-9-3-7-15-26-24-12-6-8-16-27(24)29/h2,4-6,8,10-14,16,19,29H,3,7,9,15,17-18H2,1H3. The third kappa shape index (κ3) is 7.19. The van der Waals surface area contributed by atoms with Gasteiger partial charge in [-0.05, 0) is 49.6 Å². The van der Waals surface area contributed by atoms with Crippen LogP contribution in [0, 0.1) is 0 Å². The Bertz CT molecular complexity index is 1060. The van der Waals surface area contributed by atoms with Gasteiger partial charge in [-0.15, -0.1) is 0 Å². The molecule has 0 unspecified atom stereocenters. The number of pyridine rings is 1. The second-order valence-electron chi connectivity index (χ2n) is 7.13. The molecular formula is C25H28N2O5. The molecule has 1 N–H and O–H groups in total. The third-order valence-electron chi connectivity index (χ3n) is 4.74. The van der Waals surface area contributed by atoms with Gasteiger partial charge in [-0.1, -0.05) is 30.3 Å². The highest BCUT2D eigenvalue weighted by atomic mass is 16.5. The summed E-state index contributed by atoms with van der Waals surface area (Å²) in [4.78, 5) is 16.1. The van der Waals surface area contributed by atoms with Crippen molar-refractivity contribution in [3.8, 4) is 17.2 Å². The van der Waals surface area contributed by atoms with Gasteiger partial charge in [0.2, 0.25) is 0 Å². The van der Waals surface area contributed by atoms with Gasteiger partial charge >= 0.3 is 5.97 Å². The van der Waals surface area contributed by atoms with Crippen LogP contribution in [-0.2, 0) is 16.0 Å². The summed E-state index contributed by atoms with van der Waals surface area (Å²) in [6.07, 6.45) is 4.41. The monoisotopic (exact) mass is 436 g/mol. The van der Waals surface area contributed by atoms with Crippen molar-refractivity contribution in [3.63, 3.8) is 0 Å². The van der Waals surface area contributed by atoms with Gasteiger partial charge in [0, 0.05) is 24.4 Å². The smallest absolute Gasteiger partial charge is 0.310 e. The average molecular weight is 437 g/mol. The third-order valence-corrected chi connectivity index (χ3v) is 4.74. The molecule has 0 bridgehead atoms. The molecule has 3 rings (SSSR count). The molecule has 0 aliphatic carbocycles. The first kappa shape index (κ1) is 22.9. The van der Waals surface area contributed by atoms with Crippen LogP contribution in [-0.4, -0.2) is 36.2 Å². The molecule has 0 amide bonds. The van der Waals surface area contributed by atoms with Crippen molar-refractivity contribution < 1.29 is 24.2 Å². The number of ether oxygens (including phenoxy) is 3. The molecule has 0 spiro atoms. The van der Waals surface area contributed by atoms with Crippen molar-refractivity contribution >= 4 is 5.97 Å². The lowest BCUT2D eigenvalue weighted by atomic mass is 10.1. The fourth-order valence-corrected chi connectivity index (χ4v) is 3.03. The van der Waals surface area contributed by atoms with Gasteiger partial charge in [-0.25, -0.2) is 0 Å². The molecule has 0 saturated carbocycles. The van der Waals surface area contributed by atoms with E-state index in [1.807, 2.05) is 48.5 Å². The van der Waals surface area contributed by atoms with E-state index in [-0.39, 0.29) is 12.4 Å². The molecule has 0 aliphatic rings. The predicted octanol–water partition coefficient (Wildman–Crippen LogP) is 4.38. The van der Waals surface area contributed by atoms with E-state index in [2.05, 4.69) is 4.99 Å². The lowest BCUT2D eigenvalue weighted by molar-refractivity contribution is -0.139. The molecule has 0 atom stereocenters. The van der Waals surface area contributed by atoms with E-state index in [0.29, 0.717) is 35.9 Å². The molecule has 0 radical (unpaired) electrons. The first-order valence-electron chi connectivity index (χ1n) is 10.6. The van der Waals surface area contributed by atoms with Crippen molar-refractivity contribution in [1.82, 2.24) is 4.73 Å². The summed E-state index contributed by atoms with van der Waals surface area (Å²) < 4.78 is 17.7. The van der Waals surface area contributed by atoms with Crippen LogP contribution in [0.3, 0.4) is 0 Å². The molecule has 7 nitrogen and oxygen atoms in total. The second-order valence-corrected chi connectivity index (χ2v) is 7.13. The SMILES string of the molecule is COC(=O)Cc1ccc(OCCCCCN=c2ccccn2O)cc1Oc1ccccc1. The normalized spacial score (nSPS) is 11.2. The van der Waals surface area contributed by atoms with Crippen LogP contribution >= 0.6 is 0 Å². The van der Waals surface area contributed by atoms with E-state index in [9.17, 15) is 10.0 Å². The van der Waals surface area contributed by atoms with E-state index in [4.69, 9.17) is 14.2 Å². The number of para-hydroxylation sites is 1. The molecule has 168 valence electrons. The first-order valence-corrected chi connectivity index (χ1v) is 10.6. The molecule has 0 saturated heterocycles. The van der Waals surface area contributed by atoms with Crippen LogP contribution in [0.5, 0.6) is 17.2 Å². The molecule has 0 aliphatic heterocycles. The summed E-state index contributed by atoms with van der Waals surface area (Å²) in [6.45, 7) is 1.20. The molecule has 1 heterocycles. The van der Waals surface area contributed by atoms with Crippen molar-refractivity contribution in [2.45, 2.75) is 25.7 Å². The topological polar surface area (TPSA) is 82.3 Å². The summed E-state index contributed by atoms with van der Waals surface area (Å²) in [6, 6.07) is 20.2. The highest BCUT2D eigenvalue weighted by Gasteiger charge is 2.12. The highest BCUT2D eigenvalue weighted by molar-refractivity contribution is 5.73. The van der Waals surface area contributed by atoms with Gasteiger partial charge in [0.05, 0.1) is 20.1 Å². The van der Waals surface area contributed by atoms with Crippen LogP contribution in [0.15, 0.2) is 77.9 Å². The molecule has 32 heavy (non-hydrogen) atoms. The summed E-state index contributed by atoms with van der Waals surface area (Å²) in [5, 5.41) is 9.64. The number of hydrogen-bond donors (Lipinski definition) is 1. The first-order chi connectivity index (χ1) is 15.7. The fraction of sp³-hybridized carbons (Fsp3) is 0.280. The molecule has 1 aromatic heterocycles. The number of benzene rings is 2. The molecule has 2 aromatic carbocycles. The Hall–Kier alpha value is -3.74. The summed E-state index contributed by atoms with van der Waals surface area (Å²) in [7, 11) is 1.37. The zero-order chi connectivity index (χ0) is 22.6. The van der Waals surface area contributed by atoms with E-state index in [1.165, 1.54) is 7.11 Å². The summed E-state index contributed by atoms with van der Waals surface area (Å²) in [5.74, 6) is 1.60. The quantitative estimate of drug-likeness (QED) is 0.274. The number of unbranched alkanes of at least 4 members (excludes halogenated alkanes) is 2. The number of nitrogens with zero attached hydrogens (tertiary/aromatic N) is 2. The van der Waals surface area contributed by atoms with E-state index in [0.717, 1.165) is 29.6 Å². The van der Waals surface area contributed by atoms with Crippen LogP contribution in [0.4, 0.5) is 0 Å². The van der Waals surface area contributed by atoms with Crippen molar-refractivity contribution in [2.75, 3.05) is 20.3 Å². The minimum absolute atomic E-state index is 0.123. The summed E-state index contributed by atoms with van der Waals surface area (Å²) in [5.41, 5.74) is 1.28. The second kappa shape index (κ2) is 12.2. The van der Waals surface area contributed by atoms with Crippen LogP contribution in [0.1, 0.15) is 24.8 Å². The van der Waals surface area contributed by atoms with E-state index >= 15 is 0 Å². The Kier molecular flexibility index (Phi) is 8.74. The molecule has 7 heteroatoms. The van der Waals surface area contributed by atoms with Gasteiger partial charge < -0.3 is 19.4 Å².